The van der Waals surface area contributed by atoms with Crippen LogP contribution in [0.2, 0.25) is 0 Å². The standard InChI is InChI=1S/C33H50N4O8S/c1-22(2)34-33(40)36(6)20-31-23(3)19-37(24(4)21-38)32(39)29-18-26(11-16-30(29)45-25(5)10-8-9-17-44-31)35-46(41,42)28-14-12-27(43-7)13-15-28/h11-16,18,22-25,31,35,38H,8-10,17,19-21H2,1-7H3,(H,34,40)/t23-,24+,25+,31+/m0/s1. The van der Waals surface area contributed by atoms with Gasteiger partial charge in [-0.2, -0.15) is 0 Å². The molecular weight excluding hydrogens is 612 g/mol. The molecule has 2 aromatic carbocycles. The molecule has 3 N–H and O–H groups in total. The van der Waals surface area contributed by atoms with Crippen molar-refractivity contribution in [3.05, 3.63) is 48.0 Å². The average Bonchev–Trinajstić information content (AvgIpc) is 3.01. The Hall–Kier alpha value is -3.55. The lowest BCUT2D eigenvalue weighted by Gasteiger charge is -2.36. The van der Waals surface area contributed by atoms with Gasteiger partial charge in [0.05, 0.1) is 42.4 Å². The van der Waals surface area contributed by atoms with Gasteiger partial charge < -0.3 is 34.4 Å². The van der Waals surface area contributed by atoms with E-state index in [-0.39, 0.29) is 59.5 Å². The first kappa shape index (κ1) is 36.9. The summed E-state index contributed by atoms with van der Waals surface area (Å²) in [6.45, 7) is 10.1. The van der Waals surface area contributed by atoms with Crippen LogP contribution in [0.1, 0.15) is 64.2 Å². The van der Waals surface area contributed by atoms with Crippen LogP contribution >= 0.6 is 0 Å². The van der Waals surface area contributed by atoms with Crippen LogP contribution in [0.3, 0.4) is 0 Å². The fourth-order valence-corrected chi connectivity index (χ4v) is 6.18. The third kappa shape index (κ3) is 10.2. The summed E-state index contributed by atoms with van der Waals surface area (Å²) in [5, 5.41) is 13.1. The van der Waals surface area contributed by atoms with Crippen LogP contribution in [0.25, 0.3) is 0 Å². The third-order valence-corrected chi connectivity index (χ3v) is 9.28. The van der Waals surface area contributed by atoms with E-state index >= 15 is 0 Å². The molecule has 0 unspecified atom stereocenters. The Balaban J connectivity index is 1.98. The molecule has 46 heavy (non-hydrogen) atoms. The molecule has 1 aliphatic heterocycles. The van der Waals surface area contributed by atoms with E-state index in [0.717, 1.165) is 12.8 Å². The zero-order valence-electron chi connectivity index (χ0n) is 28.0. The number of ether oxygens (including phenoxy) is 3. The predicted molar refractivity (Wildman–Crippen MR) is 177 cm³/mol. The quantitative estimate of drug-likeness (QED) is 0.360. The number of sulfonamides is 1. The second-order valence-electron chi connectivity index (χ2n) is 12.3. The molecule has 0 saturated carbocycles. The molecule has 0 aromatic heterocycles. The van der Waals surface area contributed by atoms with E-state index in [2.05, 4.69) is 10.0 Å². The van der Waals surface area contributed by atoms with E-state index in [1.807, 2.05) is 27.7 Å². The summed E-state index contributed by atoms with van der Waals surface area (Å²) >= 11 is 0. The first-order chi connectivity index (χ1) is 21.7. The van der Waals surface area contributed by atoms with Crippen molar-refractivity contribution < 1.29 is 37.3 Å². The molecule has 0 fully saturated rings. The fourth-order valence-electron chi connectivity index (χ4n) is 5.13. The Bertz CT molecular complexity index is 1400. The minimum absolute atomic E-state index is 0.0225. The Morgan fingerprint density at radius 2 is 1.83 bits per heavy atom. The van der Waals surface area contributed by atoms with Gasteiger partial charge in [-0.05, 0) is 89.4 Å². The SMILES string of the molecule is COc1ccc(S(=O)(=O)Nc2ccc3c(c2)C(=O)N([C@H](C)CO)C[C@H](C)[C@@H](CN(C)C(=O)NC(C)C)OCCCC[C@@H](C)O3)cc1. The summed E-state index contributed by atoms with van der Waals surface area (Å²) in [6, 6.07) is 9.79. The van der Waals surface area contributed by atoms with Crippen molar-refractivity contribution in [2.75, 3.05) is 45.2 Å². The molecule has 0 aliphatic carbocycles. The molecule has 0 radical (unpaired) electrons. The van der Waals surface area contributed by atoms with Crippen LogP contribution in [-0.4, -0.2) is 100 Å². The molecule has 0 bridgehead atoms. The maximum atomic E-state index is 14.3. The molecule has 256 valence electrons. The maximum absolute atomic E-state index is 14.3. The Labute approximate surface area is 273 Å². The van der Waals surface area contributed by atoms with Gasteiger partial charge in [-0.3, -0.25) is 9.52 Å². The summed E-state index contributed by atoms with van der Waals surface area (Å²) < 4.78 is 46.7. The fraction of sp³-hybridized carbons (Fsp3) is 0.576. The van der Waals surface area contributed by atoms with Gasteiger partial charge in [0.15, 0.2) is 0 Å². The minimum atomic E-state index is -3.98. The van der Waals surface area contributed by atoms with Gasteiger partial charge in [0.1, 0.15) is 11.5 Å². The van der Waals surface area contributed by atoms with Gasteiger partial charge >= 0.3 is 6.03 Å². The number of nitrogens with zero attached hydrogens (tertiary/aromatic N) is 2. The first-order valence-electron chi connectivity index (χ1n) is 15.8. The topological polar surface area (TPSA) is 147 Å². The van der Waals surface area contributed by atoms with E-state index in [4.69, 9.17) is 14.2 Å². The van der Waals surface area contributed by atoms with Crippen LogP contribution < -0.4 is 19.5 Å². The number of hydrogen-bond acceptors (Lipinski definition) is 8. The molecule has 3 amide bonds. The number of benzene rings is 2. The van der Waals surface area contributed by atoms with Gasteiger partial charge in [-0.15, -0.1) is 0 Å². The number of rotatable bonds is 9. The molecule has 1 aliphatic rings. The lowest BCUT2D eigenvalue weighted by Crippen LogP contribution is -2.49. The number of likely N-dealkylation sites (N-methyl/N-ethyl adjacent to an activating group) is 1. The number of amides is 3. The smallest absolute Gasteiger partial charge is 0.317 e. The molecule has 12 nitrogen and oxygen atoms in total. The van der Waals surface area contributed by atoms with Gasteiger partial charge in [0.25, 0.3) is 15.9 Å². The molecule has 3 rings (SSSR count). The largest absolute Gasteiger partial charge is 0.497 e. The number of hydrogen-bond donors (Lipinski definition) is 3. The minimum Gasteiger partial charge on any atom is -0.497 e. The van der Waals surface area contributed by atoms with Crippen molar-refractivity contribution in [2.45, 2.75) is 83.1 Å². The van der Waals surface area contributed by atoms with Crippen LogP contribution in [0, 0.1) is 5.92 Å². The maximum Gasteiger partial charge on any atom is 0.317 e. The highest BCUT2D eigenvalue weighted by atomic mass is 32.2. The number of carbonyl (C=O) groups is 2. The van der Waals surface area contributed by atoms with Gasteiger partial charge in [-0.25, -0.2) is 13.2 Å². The monoisotopic (exact) mass is 662 g/mol. The molecule has 0 saturated heterocycles. The molecule has 2 aromatic rings. The highest BCUT2D eigenvalue weighted by Crippen LogP contribution is 2.30. The lowest BCUT2D eigenvalue weighted by atomic mass is 10.0. The number of anilines is 1. The van der Waals surface area contributed by atoms with E-state index in [1.165, 1.54) is 25.3 Å². The number of carbonyl (C=O) groups excluding carboxylic acids is 2. The molecular formula is C33H50N4O8S. The van der Waals surface area contributed by atoms with E-state index in [0.29, 0.717) is 31.1 Å². The first-order valence-corrected chi connectivity index (χ1v) is 17.3. The van der Waals surface area contributed by atoms with E-state index in [1.54, 1.807) is 48.0 Å². The van der Waals surface area contributed by atoms with Crippen molar-refractivity contribution in [2.24, 2.45) is 5.92 Å². The van der Waals surface area contributed by atoms with Crippen LogP contribution in [0.15, 0.2) is 47.4 Å². The van der Waals surface area contributed by atoms with Gasteiger partial charge in [0.2, 0.25) is 0 Å². The lowest BCUT2D eigenvalue weighted by molar-refractivity contribution is -0.0122. The van der Waals surface area contributed by atoms with Crippen LogP contribution in [0.5, 0.6) is 11.5 Å². The van der Waals surface area contributed by atoms with E-state index < -0.39 is 22.0 Å². The van der Waals surface area contributed by atoms with Crippen molar-refractivity contribution in [1.82, 2.24) is 15.1 Å². The van der Waals surface area contributed by atoms with Crippen LogP contribution in [0.4, 0.5) is 10.5 Å². The van der Waals surface area contributed by atoms with Crippen molar-refractivity contribution >= 4 is 27.6 Å². The van der Waals surface area contributed by atoms with Gasteiger partial charge in [-0.1, -0.05) is 6.92 Å². The summed E-state index contributed by atoms with van der Waals surface area (Å²) in [4.78, 5) is 30.2. The van der Waals surface area contributed by atoms with Gasteiger partial charge in [0, 0.05) is 44.4 Å². The van der Waals surface area contributed by atoms with Crippen molar-refractivity contribution in [3.63, 3.8) is 0 Å². The van der Waals surface area contributed by atoms with Crippen LogP contribution in [-0.2, 0) is 14.8 Å². The summed E-state index contributed by atoms with van der Waals surface area (Å²) in [5.74, 6) is 0.188. The van der Waals surface area contributed by atoms with Crippen molar-refractivity contribution in [3.8, 4) is 11.5 Å². The van der Waals surface area contributed by atoms with Crippen molar-refractivity contribution in [1.29, 1.82) is 0 Å². The zero-order chi connectivity index (χ0) is 34.0. The molecule has 4 atom stereocenters. The normalized spacial score (nSPS) is 20.6. The number of methoxy groups -OCH3 is 1. The Kier molecular flexibility index (Phi) is 13.5. The second kappa shape index (κ2) is 16.8. The summed E-state index contributed by atoms with van der Waals surface area (Å²) in [7, 11) is -0.777. The molecule has 1 heterocycles. The molecule has 13 heteroatoms. The average molecular weight is 663 g/mol. The highest BCUT2D eigenvalue weighted by molar-refractivity contribution is 7.92. The number of aliphatic hydroxyl groups excluding tert-OH is 1. The second-order valence-corrected chi connectivity index (χ2v) is 14.0. The number of fused-ring (bicyclic) bond motifs is 1. The Morgan fingerprint density at radius 1 is 1.13 bits per heavy atom. The predicted octanol–water partition coefficient (Wildman–Crippen LogP) is 4.34. The zero-order valence-corrected chi connectivity index (χ0v) is 28.8. The summed E-state index contributed by atoms with van der Waals surface area (Å²) in [6.07, 6.45) is 1.69. The van der Waals surface area contributed by atoms with E-state index in [9.17, 15) is 23.1 Å². The molecule has 0 spiro atoms. The number of aliphatic hydroxyl groups is 1. The highest BCUT2D eigenvalue weighted by Gasteiger charge is 2.31. The number of urea groups is 1. The summed E-state index contributed by atoms with van der Waals surface area (Å²) in [5.41, 5.74) is 0.348. The number of nitrogens with one attached hydrogen (secondary N) is 2. The third-order valence-electron chi connectivity index (χ3n) is 7.89. The Morgan fingerprint density at radius 3 is 2.46 bits per heavy atom.